The normalized spacial score (nSPS) is 21.1. The van der Waals surface area contributed by atoms with Gasteiger partial charge in [-0.2, -0.15) is 0 Å². The number of carbonyl (C=O) groups is 1. The Morgan fingerprint density at radius 3 is 2.94 bits per heavy atom. The van der Waals surface area contributed by atoms with Crippen molar-refractivity contribution >= 4 is 11.7 Å². The number of anilines is 1. The number of nitrogens with two attached hydrogens (primary N) is 1. The Hall–Kier alpha value is -1.69. The lowest BCUT2D eigenvalue weighted by Crippen LogP contribution is -2.39. The quantitative estimate of drug-likeness (QED) is 0.775. The molecule has 1 fully saturated rings. The number of primary amides is 1. The standard InChI is InChI=1S/C11H17N5O/c1-16-6-2-3-8(7-16)13-10-5-4-9(11(12)17)14-15-10/h4-5,8H,2-3,6-7H2,1H3,(H2,12,17)(H,13,15). The summed E-state index contributed by atoms with van der Waals surface area (Å²) in [7, 11) is 2.11. The third kappa shape index (κ3) is 3.13. The van der Waals surface area contributed by atoms with Gasteiger partial charge in [-0.15, -0.1) is 10.2 Å². The molecule has 1 saturated heterocycles. The number of hydrogen-bond acceptors (Lipinski definition) is 5. The van der Waals surface area contributed by atoms with E-state index in [2.05, 4.69) is 27.5 Å². The van der Waals surface area contributed by atoms with Crippen molar-refractivity contribution in [2.45, 2.75) is 18.9 Å². The van der Waals surface area contributed by atoms with Crippen LogP contribution in [-0.2, 0) is 0 Å². The third-order valence-corrected chi connectivity index (χ3v) is 2.89. The Labute approximate surface area is 100 Å². The fourth-order valence-electron chi connectivity index (χ4n) is 2.03. The highest BCUT2D eigenvalue weighted by atomic mass is 16.1. The molecule has 0 spiro atoms. The number of hydrogen-bond donors (Lipinski definition) is 2. The molecule has 6 heteroatoms. The number of amides is 1. The Balaban J connectivity index is 1.96. The van der Waals surface area contributed by atoms with E-state index >= 15 is 0 Å². The molecule has 1 amide bonds. The number of rotatable bonds is 3. The lowest BCUT2D eigenvalue weighted by atomic mass is 10.1. The molecule has 3 N–H and O–H groups in total. The first-order valence-electron chi connectivity index (χ1n) is 5.74. The zero-order valence-electron chi connectivity index (χ0n) is 9.89. The largest absolute Gasteiger partial charge is 0.365 e. The fourth-order valence-corrected chi connectivity index (χ4v) is 2.03. The predicted octanol–water partition coefficient (Wildman–Crippen LogP) is 0.0816. The lowest BCUT2D eigenvalue weighted by Gasteiger charge is -2.30. The van der Waals surface area contributed by atoms with E-state index in [9.17, 15) is 4.79 Å². The number of nitrogens with zero attached hydrogens (tertiary/aromatic N) is 3. The minimum Gasteiger partial charge on any atom is -0.365 e. The molecular formula is C11H17N5O. The van der Waals surface area contributed by atoms with Gasteiger partial charge in [-0.25, -0.2) is 0 Å². The van der Waals surface area contributed by atoms with Crippen molar-refractivity contribution in [2.75, 3.05) is 25.5 Å². The molecule has 17 heavy (non-hydrogen) atoms. The summed E-state index contributed by atoms with van der Waals surface area (Å²) in [5, 5.41) is 11.0. The van der Waals surface area contributed by atoms with Gasteiger partial charge < -0.3 is 16.0 Å². The zero-order chi connectivity index (χ0) is 12.3. The minimum atomic E-state index is -0.554. The van der Waals surface area contributed by atoms with Crippen molar-refractivity contribution in [3.05, 3.63) is 17.8 Å². The maximum absolute atomic E-state index is 10.8. The first kappa shape index (κ1) is 11.8. The molecular weight excluding hydrogens is 218 g/mol. The average molecular weight is 235 g/mol. The molecule has 2 heterocycles. The highest BCUT2D eigenvalue weighted by molar-refractivity contribution is 5.90. The Morgan fingerprint density at radius 1 is 1.53 bits per heavy atom. The highest BCUT2D eigenvalue weighted by Crippen LogP contribution is 2.13. The Kier molecular flexibility index (Phi) is 3.53. The summed E-state index contributed by atoms with van der Waals surface area (Å²) in [6.45, 7) is 2.14. The monoisotopic (exact) mass is 235 g/mol. The van der Waals surface area contributed by atoms with E-state index in [1.54, 1.807) is 12.1 Å². The summed E-state index contributed by atoms with van der Waals surface area (Å²) >= 11 is 0. The summed E-state index contributed by atoms with van der Waals surface area (Å²) < 4.78 is 0. The molecule has 0 bridgehead atoms. The third-order valence-electron chi connectivity index (χ3n) is 2.89. The summed E-state index contributed by atoms with van der Waals surface area (Å²) in [5.41, 5.74) is 5.29. The zero-order valence-corrected chi connectivity index (χ0v) is 9.89. The molecule has 0 aliphatic carbocycles. The van der Waals surface area contributed by atoms with Crippen LogP contribution >= 0.6 is 0 Å². The van der Waals surface area contributed by atoms with Crippen molar-refractivity contribution in [1.29, 1.82) is 0 Å². The Morgan fingerprint density at radius 2 is 2.35 bits per heavy atom. The molecule has 1 aliphatic rings. The topological polar surface area (TPSA) is 84.1 Å². The van der Waals surface area contributed by atoms with E-state index in [0.717, 1.165) is 19.5 Å². The van der Waals surface area contributed by atoms with Gasteiger partial charge in [0.25, 0.3) is 5.91 Å². The van der Waals surface area contributed by atoms with Gasteiger partial charge >= 0.3 is 0 Å². The molecule has 6 nitrogen and oxygen atoms in total. The molecule has 1 aliphatic heterocycles. The average Bonchev–Trinajstić information content (AvgIpc) is 2.29. The van der Waals surface area contributed by atoms with Gasteiger partial charge in [0.05, 0.1) is 0 Å². The van der Waals surface area contributed by atoms with Crippen LogP contribution in [0.2, 0.25) is 0 Å². The van der Waals surface area contributed by atoms with Gasteiger partial charge in [-0.3, -0.25) is 4.79 Å². The van der Waals surface area contributed by atoms with Crippen molar-refractivity contribution < 1.29 is 4.79 Å². The van der Waals surface area contributed by atoms with E-state index in [1.807, 2.05) is 0 Å². The second-order valence-electron chi connectivity index (χ2n) is 4.41. The summed E-state index contributed by atoms with van der Waals surface area (Å²) in [6, 6.07) is 3.72. The van der Waals surface area contributed by atoms with E-state index in [-0.39, 0.29) is 5.69 Å². The van der Waals surface area contributed by atoms with Gasteiger partial charge in [0.15, 0.2) is 5.69 Å². The van der Waals surface area contributed by atoms with Crippen LogP contribution < -0.4 is 11.1 Å². The predicted molar refractivity (Wildman–Crippen MR) is 64.7 cm³/mol. The number of aromatic nitrogens is 2. The van der Waals surface area contributed by atoms with E-state index in [0.29, 0.717) is 11.9 Å². The SMILES string of the molecule is CN1CCCC(Nc2ccc(C(N)=O)nn2)C1. The smallest absolute Gasteiger partial charge is 0.269 e. The number of likely N-dealkylation sites (N-methyl/N-ethyl adjacent to an activating group) is 1. The minimum absolute atomic E-state index is 0.191. The maximum atomic E-state index is 10.8. The second kappa shape index (κ2) is 5.09. The number of piperidine rings is 1. The fraction of sp³-hybridized carbons (Fsp3) is 0.545. The molecule has 1 aromatic heterocycles. The van der Waals surface area contributed by atoms with Crippen molar-refractivity contribution in [1.82, 2.24) is 15.1 Å². The van der Waals surface area contributed by atoms with Crippen molar-refractivity contribution in [2.24, 2.45) is 5.73 Å². The molecule has 0 saturated carbocycles. The molecule has 1 aromatic rings. The summed E-state index contributed by atoms with van der Waals surface area (Å²) in [5.74, 6) is 0.136. The van der Waals surface area contributed by atoms with E-state index in [1.165, 1.54) is 6.42 Å². The molecule has 2 rings (SSSR count). The second-order valence-corrected chi connectivity index (χ2v) is 4.41. The van der Waals surface area contributed by atoms with Crippen LogP contribution in [0.1, 0.15) is 23.3 Å². The summed E-state index contributed by atoms with van der Waals surface area (Å²) in [6.07, 6.45) is 2.31. The van der Waals surface area contributed by atoms with Gasteiger partial charge in [0.2, 0.25) is 0 Å². The van der Waals surface area contributed by atoms with Gasteiger partial charge in [0, 0.05) is 12.6 Å². The van der Waals surface area contributed by atoms with E-state index in [4.69, 9.17) is 5.73 Å². The van der Waals surface area contributed by atoms with Gasteiger partial charge in [0.1, 0.15) is 5.82 Å². The first-order chi connectivity index (χ1) is 8.15. The van der Waals surface area contributed by atoms with Crippen LogP contribution in [0.25, 0.3) is 0 Å². The molecule has 0 aromatic carbocycles. The molecule has 92 valence electrons. The number of nitrogens with one attached hydrogen (secondary N) is 1. The van der Waals surface area contributed by atoms with Gasteiger partial charge in [-0.05, 0) is 38.6 Å². The van der Waals surface area contributed by atoms with Crippen LogP contribution in [0.3, 0.4) is 0 Å². The number of likely N-dealkylation sites (tertiary alicyclic amines) is 1. The van der Waals surface area contributed by atoms with Crippen molar-refractivity contribution in [3.8, 4) is 0 Å². The van der Waals surface area contributed by atoms with Crippen molar-refractivity contribution in [3.63, 3.8) is 0 Å². The van der Waals surface area contributed by atoms with Gasteiger partial charge in [-0.1, -0.05) is 0 Å². The highest BCUT2D eigenvalue weighted by Gasteiger charge is 2.17. The van der Waals surface area contributed by atoms with Crippen LogP contribution in [0.4, 0.5) is 5.82 Å². The van der Waals surface area contributed by atoms with Crippen LogP contribution in [-0.4, -0.2) is 47.2 Å². The first-order valence-corrected chi connectivity index (χ1v) is 5.74. The Bertz CT molecular complexity index is 391. The molecule has 0 radical (unpaired) electrons. The van der Waals surface area contributed by atoms with Crippen LogP contribution in [0, 0.1) is 0 Å². The van der Waals surface area contributed by atoms with E-state index < -0.39 is 5.91 Å². The van der Waals surface area contributed by atoms with Crippen LogP contribution in [0.15, 0.2) is 12.1 Å². The maximum Gasteiger partial charge on any atom is 0.269 e. The van der Waals surface area contributed by atoms with Crippen LogP contribution in [0.5, 0.6) is 0 Å². The lowest BCUT2D eigenvalue weighted by molar-refractivity contribution is 0.0994. The summed E-state index contributed by atoms with van der Waals surface area (Å²) in [4.78, 5) is 13.1. The number of carbonyl (C=O) groups excluding carboxylic acids is 1. The molecule has 1 unspecified atom stereocenters. The molecule has 1 atom stereocenters.